The average molecular weight is 400 g/mol. The number of rotatable bonds is 2. The zero-order valence-corrected chi connectivity index (χ0v) is 18.6. The first-order chi connectivity index (χ1) is 10.2. The quantitative estimate of drug-likeness (QED) is 0.543. The van der Waals surface area contributed by atoms with Crippen LogP contribution in [0.2, 0.25) is 13.1 Å². The van der Waals surface area contributed by atoms with Crippen molar-refractivity contribution in [1.82, 2.24) is 0 Å². The monoisotopic (exact) mass is 398 g/mol. The summed E-state index contributed by atoms with van der Waals surface area (Å²) in [6.45, 7) is 13.8. The van der Waals surface area contributed by atoms with Crippen LogP contribution in [-0.4, -0.2) is 13.8 Å². The minimum Gasteiger partial charge on any atom is -0.656 e. The van der Waals surface area contributed by atoms with Crippen molar-refractivity contribution in [2.75, 3.05) is 0 Å². The molecule has 3 heteroatoms. The van der Waals surface area contributed by atoms with Gasteiger partial charge in [0.2, 0.25) is 0 Å². The van der Waals surface area contributed by atoms with Crippen LogP contribution in [0.15, 0.2) is 42.0 Å². The van der Waals surface area contributed by atoms with Crippen LogP contribution in [0.5, 0.6) is 0 Å². The third-order valence-corrected chi connectivity index (χ3v) is 7.50. The van der Waals surface area contributed by atoms with Crippen LogP contribution < -0.4 is 0 Å². The molecule has 0 amide bonds. The zero-order valence-electron chi connectivity index (χ0n) is 15.1. The Bertz CT molecular complexity index is 769. The van der Waals surface area contributed by atoms with E-state index in [1.54, 1.807) is 5.20 Å². The molecule has 0 radical (unpaired) electrons. The van der Waals surface area contributed by atoms with Gasteiger partial charge in [-0.1, -0.05) is 81.0 Å². The molecule has 23 heavy (non-hydrogen) atoms. The second-order valence-corrected chi connectivity index (χ2v) is 11.8. The molecule has 0 unspecified atom stereocenters. The Morgan fingerprint density at radius 3 is 2.30 bits per heavy atom. The minimum absolute atomic E-state index is 0. The van der Waals surface area contributed by atoms with E-state index in [4.69, 9.17) is 4.98 Å². The van der Waals surface area contributed by atoms with Crippen LogP contribution in [0.1, 0.15) is 38.8 Å². The van der Waals surface area contributed by atoms with E-state index in [1.807, 2.05) is 0 Å². The van der Waals surface area contributed by atoms with Crippen molar-refractivity contribution in [1.29, 1.82) is 0 Å². The molecule has 0 bridgehead atoms. The van der Waals surface area contributed by atoms with E-state index in [1.165, 1.54) is 27.5 Å². The van der Waals surface area contributed by atoms with E-state index in [2.05, 4.69) is 77.2 Å². The molecule has 1 aliphatic rings. The summed E-state index contributed by atoms with van der Waals surface area (Å²) in [4.78, 5) is 5.26. The molecule has 2 aromatic rings. The predicted molar refractivity (Wildman–Crippen MR) is 101 cm³/mol. The molecule has 0 saturated carbocycles. The summed E-state index contributed by atoms with van der Waals surface area (Å²) in [5.41, 5.74) is 4.52. The first-order valence-electron chi connectivity index (χ1n) is 8.14. The number of allylic oxidation sites excluding steroid dienone is 1. The van der Waals surface area contributed by atoms with Crippen molar-refractivity contribution >= 4 is 24.2 Å². The minimum atomic E-state index is -1.83. The van der Waals surface area contributed by atoms with E-state index in [-0.39, 0.29) is 31.7 Å². The number of benzene rings is 2. The topological polar surface area (TPSA) is 14.1 Å². The van der Waals surface area contributed by atoms with Gasteiger partial charge in [0.25, 0.3) is 0 Å². The van der Waals surface area contributed by atoms with Crippen LogP contribution in [0, 0.1) is 0 Å². The van der Waals surface area contributed by atoms with Crippen LogP contribution in [0.3, 0.4) is 0 Å². The molecule has 0 atom stereocenters. The molecule has 0 heterocycles. The molecule has 0 aromatic heterocycles. The van der Waals surface area contributed by atoms with Gasteiger partial charge in [-0.2, -0.15) is 0 Å². The molecule has 0 spiro atoms. The predicted octanol–water partition coefficient (Wildman–Crippen LogP) is 6.08. The summed E-state index contributed by atoms with van der Waals surface area (Å²) in [5.74, 6) is 0. The smallest absolute Gasteiger partial charge is 0 e. The SMILES string of the molecule is CC1=C([Si](C)(C)[N-]C(C)(C)C)c2c(ccc3ccccc23)C1.[Zr]. The molecule has 2 aromatic carbocycles. The second-order valence-electron chi connectivity index (χ2n) is 7.99. The Morgan fingerprint density at radius 2 is 1.65 bits per heavy atom. The van der Waals surface area contributed by atoms with Gasteiger partial charge in [0, 0.05) is 26.2 Å². The van der Waals surface area contributed by atoms with Gasteiger partial charge in [0.1, 0.15) is 0 Å². The maximum Gasteiger partial charge on any atom is 0 e. The number of nitrogens with zero attached hydrogens (tertiary/aromatic N) is 1. The summed E-state index contributed by atoms with van der Waals surface area (Å²) >= 11 is 0. The largest absolute Gasteiger partial charge is 0.656 e. The Balaban J connectivity index is 0.00000192. The van der Waals surface area contributed by atoms with E-state index in [0.29, 0.717) is 0 Å². The fourth-order valence-corrected chi connectivity index (χ4v) is 7.90. The first kappa shape index (κ1) is 18.8. The fraction of sp³-hybridized carbons (Fsp3) is 0.400. The summed E-state index contributed by atoms with van der Waals surface area (Å²) in [5, 5.41) is 4.31. The summed E-state index contributed by atoms with van der Waals surface area (Å²) in [6, 6.07) is 13.4. The van der Waals surface area contributed by atoms with Crippen LogP contribution in [0.25, 0.3) is 21.0 Å². The van der Waals surface area contributed by atoms with Crippen LogP contribution in [-0.2, 0) is 32.6 Å². The second kappa shape index (κ2) is 6.43. The zero-order chi connectivity index (χ0) is 16.1. The molecule has 0 N–H and O–H groups in total. The Kier molecular flexibility index (Phi) is 5.26. The molecule has 0 saturated heterocycles. The fourth-order valence-electron chi connectivity index (χ4n) is 4.07. The molecule has 0 aliphatic heterocycles. The molecule has 1 aliphatic carbocycles. The van der Waals surface area contributed by atoms with E-state index in [9.17, 15) is 0 Å². The third-order valence-electron chi connectivity index (χ3n) is 4.37. The van der Waals surface area contributed by atoms with Gasteiger partial charge < -0.3 is 4.98 Å². The first-order valence-corrected chi connectivity index (χ1v) is 11.1. The standard InChI is InChI=1S/C20H26NSi.Zr/c1-14-13-16-12-11-15-9-7-8-10-17(15)18(16)19(14)22(5,6)21-20(2,3)4;/h7-12H,13H2,1-6H3;/q-1;. The van der Waals surface area contributed by atoms with Gasteiger partial charge in [-0.25, -0.2) is 0 Å². The van der Waals surface area contributed by atoms with Gasteiger partial charge in [-0.05, 0) is 43.5 Å². The molecule has 0 fully saturated rings. The van der Waals surface area contributed by atoms with Gasteiger partial charge in [-0.3, -0.25) is 0 Å². The summed E-state index contributed by atoms with van der Waals surface area (Å²) in [7, 11) is -1.83. The number of hydrogen-bond donors (Lipinski definition) is 0. The molecular weight excluding hydrogens is 374 g/mol. The normalized spacial score (nSPS) is 14.9. The van der Waals surface area contributed by atoms with Crippen molar-refractivity contribution in [3.05, 3.63) is 58.1 Å². The Morgan fingerprint density at radius 1 is 1.00 bits per heavy atom. The molecular formula is C20H26NSiZr-. The van der Waals surface area contributed by atoms with Crippen molar-refractivity contribution in [2.24, 2.45) is 0 Å². The molecule has 1 nitrogen and oxygen atoms in total. The van der Waals surface area contributed by atoms with Gasteiger partial charge >= 0.3 is 0 Å². The van der Waals surface area contributed by atoms with Gasteiger partial charge in [-0.15, -0.1) is 5.54 Å². The Labute approximate surface area is 160 Å². The van der Waals surface area contributed by atoms with Crippen molar-refractivity contribution < 1.29 is 26.2 Å². The maximum absolute atomic E-state index is 5.26. The number of hydrogen-bond acceptors (Lipinski definition) is 0. The Hall–Kier alpha value is -0.500. The third kappa shape index (κ3) is 3.62. The van der Waals surface area contributed by atoms with Crippen LogP contribution in [0.4, 0.5) is 0 Å². The van der Waals surface area contributed by atoms with Crippen LogP contribution >= 0.6 is 0 Å². The van der Waals surface area contributed by atoms with Gasteiger partial charge in [0.15, 0.2) is 0 Å². The molecule has 120 valence electrons. The van der Waals surface area contributed by atoms with E-state index in [0.717, 1.165) is 6.42 Å². The van der Waals surface area contributed by atoms with Gasteiger partial charge in [0.05, 0.1) is 0 Å². The maximum atomic E-state index is 5.26. The van der Waals surface area contributed by atoms with Crippen molar-refractivity contribution in [3.63, 3.8) is 0 Å². The average Bonchev–Trinajstić information content (AvgIpc) is 2.73. The summed E-state index contributed by atoms with van der Waals surface area (Å²) < 4.78 is 0. The number of fused-ring (bicyclic) bond motifs is 3. The van der Waals surface area contributed by atoms with E-state index < -0.39 is 8.24 Å². The van der Waals surface area contributed by atoms with Crippen molar-refractivity contribution in [3.8, 4) is 0 Å². The molecule has 3 rings (SSSR count). The summed E-state index contributed by atoms with van der Waals surface area (Å²) in [6.07, 6.45) is 1.09. The van der Waals surface area contributed by atoms with E-state index >= 15 is 0 Å². The van der Waals surface area contributed by atoms with Crippen molar-refractivity contribution in [2.45, 2.75) is 52.7 Å².